The lowest BCUT2D eigenvalue weighted by molar-refractivity contribution is -0.116. The molecule has 3 amide bonds. The lowest BCUT2D eigenvalue weighted by Gasteiger charge is -2.29. The van der Waals surface area contributed by atoms with E-state index in [1.165, 1.54) is 0 Å². The van der Waals surface area contributed by atoms with Crippen molar-refractivity contribution in [2.24, 2.45) is 5.73 Å². The molecular weight excluding hydrogens is 377 g/mol. The summed E-state index contributed by atoms with van der Waals surface area (Å²) >= 11 is 0. The highest BCUT2D eigenvalue weighted by molar-refractivity contribution is 5.92. The number of amides is 3. The number of carbonyl (C=O) groups excluding carboxylic acids is 2. The molecule has 0 saturated carbocycles. The molecule has 1 saturated heterocycles. The van der Waals surface area contributed by atoms with Gasteiger partial charge in [-0.15, -0.1) is 24.8 Å². The summed E-state index contributed by atoms with van der Waals surface area (Å²) in [5, 5.41) is 8.62. The van der Waals surface area contributed by atoms with E-state index in [0.29, 0.717) is 30.8 Å². The number of benzene rings is 1. The summed E-state index contributed by atoms with van der Waals surface area (Å²) in [4.78, 5) is 25.9. The number of nitrogens with two attached hydrogens (primary N) is 1. The molecule has 5 N–H and O–H groups in total. The lowest BCUT2D eigenvalue weighted by atomic mass is 10.1. The van der Waals surface area contributed by atoms with Gasteiger partial charge in [0.25, 0.3) is 0 Å². The molecule has 148 valence electrons. The van der Waals surface area contributed by atoms with Crippen molar-refractivity contribution in [2.45, 2.75) is 31.7 Å². The van der Waals surface area contributed by atoms with E-state index in [1.54, 1.807) is 24.3 Å². The largest absolute Gasteiger partial charge is 0.335 e. The first kappa shape index (κ1) is 24.5. The molecule has 0 aromatic heterocycles. The van der Waals surface area contributed by atoms with Gasteiger partial charge in [0.2, 0.25) is 5.91 Å². The second-order valence-electron chi connectivity index (χ2n) is 6.19. The summed E-state index contributed by atoms with van der Waals surface area (Å²) in [6.07, 6.45) is 3.02. The van der Waals surface area contributed by atoms with Crippen molar-refractivity contribution in [3.63, 3.8) is 0 Å². The van der Waals surface area contributed by atoms with Crippen LogP contribution in [0, 0.1) is 0 Å². The van der Waals surface area contributed by atoms with Gasteiger partial charge in [-0.3, -0.25) is 4.79 Å². The number of anilines is 2. The van der Waals surface area contributed by atoms with Gasteiger partial charge >= 0.3 is 6.03 Å². The highest BCUT2D eigenvalue weighted by atomic mass is 35.5. The molecule has 0 spiro atoms. The Hall–Kier alpha value is -1.54. The van der Waals surface area contributed by atoms with E-state index in [1.807, 2.05) is 0 Å². The Labute approximate surface area is 167 Å². The lowest BCUT2D eigenvalue weighted by Crippen LogP contribution is -2.44. The molecule has 26 heavy (non-hydrogen) atoms. The van der Waals surface area contributed by atoms with Gasteiger partial charge in [-0.2, -0.15) is 0 Å². The molecule has 2 rings (SSSR count). The van der Waals surface area contributed by atoms with E-state index in [0.717, 1.165) is 25.9 Å². The van der Waals surface area contributed by atoms with Crippen LogP contribution in [0.15, 0.2) is 24.3 Å². The summed E-state index contributed by atoms with van der Waals surface area (Å²) in [6.45, 7) is 2.51. The number of halogens is 2. The van der Waals surface area contributed by atoms with Crippen LogP contribution < -0.4 is 21.7 Å². The van der Waals surface area contributed by atoms with Crippen LogP contribution in [0.25, 0.3) is 0 Å². The predicted molar refractivity (Wildman–Crippen MR) is 111 cm³/mol. The predicted octanol–water partition coefficient (Wildman–Crippen LogP) is 2.42. The minimum absolute atomic E-state index is 0. The molecule has 0 aliphatic carbocycles. The van der Waals surface area contributed by atoms with Crippen LogP contribution in [0.4, 0.5) is 16.2 Å². The Morgan fingerprint density at radius 1 is 1.08 bits per heavy atom. The first-order valence-corrected chi connectivity index (χ1v) is 8.43. The third-order valence-corrected chi connectivity index (χ3v) is 4.09. The van der Waals surface area contributed by atoms with Crippen LogP contribution in [0.2, 0.25) is 0 Å². The van der Waals surface area contributed by atoms with Gasteiger partial charge in [0.15, 0.2) is 0 Å². The highest BCUT2D eigenvalue weighted by Gasteiger charge is 2.18. The summed E-state index contributed by atoms with van der Waals surface area (Å²) in [6, 6.07) is 7.11. The molecule has 0 bridgehead atoms. The smallest absolute Gasteiger partial charge is 0.319 e. The average Bonchev–Trinajstić information content (AvgIpc) is 2.57. The zero-order valence-electron chi connectivity index (χ0n) is 15.0. The number of hydrogen-bond acceptors (Lipinski definition) is 4. The minimum atomic E-state index is -0.190. The monoisotopic (exact) mass is 405 g/mol. The van der Waals surface area contributed by atoms with Crippen molar-refractivity contribution in [2.75, 3.05) is 37.3 Å². The van der Waals surface area contributed by atoms with E-state index >= 15 is 0 Å². The Morgan fingerprint density at radius 2 is 1.62 bits per heavy atom. The van der Waals surface area contributed by atoms with E-state index in [2.05, 4.69) is 27.9 Å². The standard InChI is InChI=1S/C17H27N5O2.2ClH/c1-22-11-8-15(9-12-22)21-17(24)20-14-6-4-13(5-7-14)19-16(23)3-2-10-18;;/h4-7,15H,2-3,8-12,18H2,1H3,(H,19,23)(H2,20,21,24);2*1H. The van der Waals surface area contributed by atoms with E-state index < -0.39 is 0 Å². The molecule has 1 aromatic rings. The van der Waals surface area contributed by atoms with Crippen LogP contribution in [0.1, 0.15) is 25.7 Å². The normalized spacial score (nSPS) is 14.5. The minimum Gasteiger partial charge on any atom is -0.335 e. The third-order valence-electron chi connectivity index (χ3n) is 4.09. The molecular formula is C17H29Cl2N5O2. The third kappa shape index (κ3) is 8.71. The van der Waals surface area contributed by atoms with Gasteiger partial charge in [-0.25, -0.2) is 4.79 Å². The topological polar surface area (TPSA) is 99.5 Å². The van der Waals surface area contributed by atoms with Crippen molar-refractivity contribution in [1.29, 1.82) is 0 Å². The van der Waals surface area contributed by atoms with E-state index in [4.69, 9.17) is 5.73 Å². The fourth-order valence-electron chi connectivity index (χ4n) is 2.63. The number of nitrogens with zero attached hydrogens (tertiary/aromatic N) is 1. The average molecular weight is 406 g/mol. The number of urea groups is 1. The van der Waals surface area contributed by atoms with Crippen molar-refractivity contribution in [3.8, 4) is 0 Å². The van der Waals surface area contributed by atoms with Crippen molar-refractivity contribution in [3.05, 3.63) is 24.3 Å². The quantitative estimate of drug-likeness (QED) is 0.583. The van der Waals surface area contributed by atoms with Gasteiger partial charge in [0.05, 0.1) is 0 Å². The number of hydrogen-bond donors (Lipinski definition) is 4. The second kappa shape index (κ2) is 12.8. The van der Waals surface area contributed by atoms with Gasteiger partial charge in [0.1, 0.15) is 0 Å². The fourth-order valence-corrected chi connectivity index (χ4v) is 2.63. The SMILES string of the molecule is CN1CCC(NC(=O)Nc2ccc(NC(=O)CCCN)cc2)CC1.Cl.Cl. The van der Waals surface area contributed by atoms with Crippen LogP contribution in [-0.4, -0.2) is 49.6 Å². The highest BCUT2D eigenvalue weighted by Crippen LogP contribution is 2.14. The number of carbonyl (C=O) groups is 2. The first-order chi connectivity index (χ1) is 11.6. The molecule has 0 radical (unpaired) electrons. The molecule has 1 aliphatic rings. The van der Waals surface area contributed by atoms with Crippen LogP contribution in [0.3, 0.4) is 0 Å². The Morgan fingerprint density at radius 3 is 2.15 bits per heavy atom. The summed E-state index contributed by atoms with van der Waals surface area (Å²) in [5.74, 6) is -0.0545. The number of nitrogens with one attached hydrogen (secondary N) is 3. The zero-order valence-corrected chi connectivity index (χ0v) is 16.6. The molecule has 1 fully saturated rings. The Bertz CT molecular complexity index is 549. The molecule has 0 unspecified atom stereocenters. The van der Waals surface area contributed by atoms with Gasteiger partial charge in [0, 0.05) is 23.8 Å². The summed E-state index contributed by atoms with van der Waals surface area (Å²) < 4.78 is 0. The number of likely N-dealkylation sites (tertiary alicyclic amines) is 1. The van der Waals surface area contributed by atoms with Crippen molar-refractivity contribution >= 4 is 48.1 Å². The molecule has 7 nitrogen and oxygen atoms in total. The van der Waals surface area contributed by atoms with Crippen LogP contribution in [0.5, 0.6) is 0 Å². The van der Waals surface area contributed by atoms with Crippen LogP contribution in [-0.2, 0) is 4.79 Å². The Balaban J connectivity index is 0.00000312. The van der Waals surface area contributed by atoms with E-state index in [9.17, 15) is 9.59 Å². The fraction of sp³-hybridized carbons (Fsp3) is 0.529. The Kier molecular flexibility index (Phi) is 12.0. The molecule has 1 aliphatic heterocycles. The van der Waals surface area contributed by atoms with Crippen molar-refractivity contribution in [1.82, 2.24) is 10.2 Å². The molecule has 0 atom stereocenters. The van der Waals surface area contributed by atoms with Crippen molar-refractivity contribution < 1.29 is 9.59 Å². The maximum absolute atomic E-state index is 12.0. The molecule has 9 heteroatoms. The molecule has 1 heterocycles. The maximum atomic E-state index is 12.0. The van der Waals surface area contributed by atoms with Crippen LogP contribution >= 0.6 is 24.8 Å². The molecule has 1 aromatic carbocycles. The van der Waals surface area contributed by atoms with Gasteiger partial charge in [-0.05, 0) is 70.2 Å². The summed E-state index contributed by atoms with van der Waals surface area (Å²) in [5.41, 5.74) is 6.78. The van der Waals surface area contributed by atoms with Gasteiger partial charge in [-0.1, -0.05) is 0 Å². The number of rotatable bonds is 6. The van der Waals surface area contributed by atoms with E-state index in [-0.39, 0.29) is 42.8 Å². The zero-order chi connectivity index (χ0) is 17.4. The first-order valence-electron chi connectivity index (χ1n) is 8.43. The number of piperidine rings is 1. The maximum Gasteiger partial charge on any atom is 0.319 e. The summed E-state index contributed by atoms with van der Waals surface area (Å²) in [7, 11) is 2.09. The second-order valence-corrected chi connectivity index (χ2v) is 6.19. The van der Waals surface area contributed by atoms with Gasteiger partial charge < -0.3 is 26.6 Å².